The van der Waals surface area contributed by atoms with E-state index in [0.717, 1.165) is 0 Å². The molecule has 0 heterocycles. The highest BCUT2D eigenvalue weighted by Crippen LogP contribution is 2.24. The standard InChI is InChI=1S/C17H16N2O6/c1-10-6-5-7-12(15(10)20)17(22)25-11(2)16(21)18-13-8-3-4-9-14(13)19(23)24/h3-9,11,20H,1-2H3,(H,18,21). The summed E-state index contributed by atoms with van der Waals surface area (Å²) in [6.45, 7) is 2.95. The van der Waals surface area contributed by atoms with Crippen LogP contribution < -0.4 is 5.32 Å². The van der Waals surface area contributed by atoms with E-state index in [0.29, 0.717) is 5.56 Å². The van der Waals surface area contributed by atoms with E-state index in [2.05, 4.69) is 5.32 Å². The SMILES string of the molecule is Cc1cccc(C(=O)OC(C)C(=O)Nc2ccccc2[N+](=O)[O-])c1O. The predicted octanol–water partition coefficient (Wildman–Crippen LogP) is 2.79. The van der Waals surface area contributed by atoms with Crippen LogP contribution in [0.3, 0.4) is 0 Å². The van der Waals surface area contributed by atoms with Crippen LogP contribution in [-0.4, -0.2) is 28.0 Å². The number of nitro groups is 1. The van der Waals surface area contributed by atoms with Crippen molar-refractivity contribution >= 4 is 23.3 Å². The van der Waals surface area contributed by atoms with Gasteiger partial charge in [-0.15, -0.1) is 0 Å². The summed E-state index contributed by atoms with van der Waals surface area (Å²) in [7, 11) is 0. The highest BCUT2D eigenvalue weighted by Gasteiger charge is 2.23. The van der Waals surface area contributed by atoms with E-state index >= 15 is 0 Å². The van der Waals surface area contributed by atoms with Gasteiger partial charge >= 0.3 is 5.97 Å². The largest absolute Gasteiger partial charge is 0.507 e. The Bertz CT molecular complexity index is 834. The van der Waals surface area contributed by atoms with E-state index in [1.54, 1.807) is 19.1 Å². The summed E-state index contributed by atoms with van der Waals surface area (Å²) in [5.74, 6) is -1.82. The maximum atomic E-state index is 12.1. The normalized spacial score (nSPS) is 11.4. The zero-order chi connectivity index (χ0) is 18.6. The Kier molecular flexibility index (Phi) is 5.33. The van der Waals surface area contributed by atoms with Crippen molar-refractivity contribution in [3.8, 4) is 5.75 Å². The first-order valence-corrected chi connectivity index (χ1v) is 7.35. The minimum Gasteiger partial charge on any atom is -0.507 e. The van der Waals surface area contributed by atoms with Crippen molar-refractivity contribution in [3.05, 3.63) is 63.7 Å². The molecule has 0 aliphatic rings. The smallest absolute Gasteiger partial charge is 0.342 e. The molecule has 0 fully saturated rings. The Hall–Kier alpha value is -3.42. The molecule has 130 valence electrons. The summed E-state index contributed by atoms with van der Waals surface area (Å²) in [6.07, 6.45) is -1.22. The fraction of sp³-hybridized carbons (Fsp3) is 0.176. The van der Waals surface area contributed by atoms with Gasteiger partial charge in [0.2, 0.25) is 0 Å². The van der Waals surface area contributed by atoms with Gasteiger partial charge in [-0.25, -0.2) is 4.79 Å². The molecule has 0 saturated carbocycles. The van der Waals surface area contributed by atoms with Crippen LogP contribution in [0.2, 0.25) is 0 Å². The van der Waals surface area contributed by atoms with Crippen molar-refractivity contribution in [1.82, 2.24) is 0 Å². The predicted molar refractivity (Wildman–Crippen MR) is 89.4 cm³/mol. The van der Waals surface area contributed by atoms with Gasteiger partial charge in [0.1, 0.15) is 17.0 Å². The Morgan fingerprint density at radius 3 is 2.56 bits per heavy atom. The van der Waals surface area contributed by atoms with Gasteiger partial charge in [0.05, 0.1) is 4.92 Å². The summed E-state index contributed by atoms with van der Waals surface area (Å²) < 4.78 is 5.03. The van der Waals surface area contributed by atoms with Crippen LogP contribution in [-0.2, 0) is 9.53 Å². The van der Waals surface area contributed by atoms with Crippen LogP contribution in [0.15, 0.2) is 42.5 Å². The maximum Gasteiger partial charge on any atom is 0.342 e. The van der Waals surface area contributed by atoms with Gasteiger partial charge in [-0.1, -0.05) is 24.3 Å². The van der Waals surface area contributed by atoms with Crippen molar-refractivity contribution in [2.24, 2.45) is 0 Å². The lowest BCUT2D eigenvalue weighted by molar-refractivity contribution is -0.383. The molecule has 2 aromatic carbocycles. The van der Waals surface area contributed by atoms with Gasteiger partial charge < -0.3 is 15.2 Å². The number of carbonyl (C=O) groups excluding carboxylic acids is 2. The number of phenolic OH excluding ortho intramolecular Hbond substituents is 1. The van der Waals surface area contributed by atoms with Crippen molar-refractivity contribution < 1.29 is 24.4 Å². The topological polar surface area (TPSA) is 119 Å². The molecular formula is C17H16N2O6. The number of phenols is 1. The zero-order valence-electron chi connectivity index (χ0n) is 13.6. The number of para-hydroxylation sites is 3. The number of carbonyl (C=O) groups is 2. The van der Waals surface area contributed by atoms with Crippen molar-refractivity contribution in [2.75, 3.05) is 5.32 Å². The first-order chi connectivity index (χ1) is 11.8. The molecule has 0 aliphatic carbocycles. The second kappa shape index (κ2) is 7.43. The number of rotatable bonds is 5. The lowest BCUT2D eigenvalue weighted by atomic mass is 10.1. The number of aryl methyl sites for hydroxylation is 1. The highest BCUT2D eigenvalue weighted by atomic mass is 16.6. The van der Waals surface area contributed by atoms with Gasteiger partial charge in [-0.2, -0.15) is 0 Å². The molecule has 0 saturated heterocycles. The van der Waals surface area contributed by atoms with Crippen molar-refractivity contribution in [1.29, 1.82) is 0 Å². The average molecular weight is 344 g/mol. The number of hydrogen-bond donors (Lipinski definition) is 2. The molecule has 0 aliphatic heterocycles. The molecule has 25 heavy (non-hydrogen) atoms. The molecule has 8 nitrogen and oxygen atoms in total. The number of nitrogens with one attached hydrogen (secondary N) is 1. The Labute approximate surface area is 143 Å². The molecule has 0 spiro atoms. The molecule has 0 aromatic heterocycles. The summed E-state index contributed by atoms with van der Waals surface area (Å²) in [5.41, 5.74) is 0.154. The van der Waals surface area contributed by atoms with E-state index in [4.69, 9.17) is 4.74 Å². The van der Waals surface area contributed by atoms with Gasteiger partial charge in [0, 0.05) is 6.07 Å². The molecule has 1 unspecified atom stereocenters. The Morgan fingerprint density at radius 1 is 1.20 bits per heavy atom. The van der Waals surface area contributed by atoms with Gasteiger partial charge in [0.25, 0.3) is 11.6 Å². The van der Waals surface area contributed by atoms with Crippen molar-refractivity contribution in [3.63, 3.8) is 0 Å². The summed E-state index contributed by atoms with van der Waals surface area (Å²) in [4.78, 5) is 34.5. The third-order valence-corrected chi connectivity index (χ3v) is 3.47. The van der Waals surface area contributed by atoms with E-state index in [9.17, 15) is 24.8 Å². The number of benzene rings is 2. The number of nitro benzene ring substituents is 1. The summed E-state index contributed by atoms with van der Waals surface area (Å²) >= 11 is 0. The van der Waals surface area contributed by atoms with Crippen molar-refractivity contribution in [2.45, 2.75) is 20.0 Å². The summed E-state index contributed by atoms with van der Waals surface area (Å²) in [6, 6.07) is 10.2. The van der Waals surface area contributed by atoms with Gasteiger partial charge in [0.15, 0.2) is 6.10 Å². The molecular weight excluding hydrogens is 328 g/mol. The lowest BCUT2D eigenvalue weighted by Gasteiger charge is -2.14. The molecule has 2 rings (SSSR count). The van der Waals surface area contributed by atoms with Crippen LogP contribution in [0, 0.1) is 17.0 Å². The van der Waals surface area contributed by atoms with Crippen LogP contribution >= 0.6 is 0 Å². The lowest BCUT2D eigenvalue weighted by Crippen LogP contribution is -2.30. The molecule has 1 amide bonds. The number of hydrogen-bond acceptors (Lipinski definition) is 6. The molecule has 0 radical (unpaired) electrons. The molecule has 8 heteroatoms. The van der Waals surface area contributed by atoms with Crippen LogP contribution in [0.4, 0.5) is 11.4 Å². The Balaban J connectivity index is 2.09. The van der Waals surface area contributed by atoms with Crippen LogP contribution in [0.5, 0.6) is 5.75 Å². The van der Waals surface area contributed by atoms with Crippen LogP contribution in [0.25, 0.3) is 0 Å². The molecule has 1 atom stereocenters. The number of nitrogens with zero attached hydrogens (tertiary/aromatic N) is 1. The number of aromatic hydroxyl groups is 1. The molecule has 2 N–H and O–H groups in total. The minimum atomic E-state index is -1.22. The molecule has 0 bridgehead atoms. The first-order valence-electron chi connectivity index (χ1n) is 7.35. The van der Waals surface area contributed by atoms with E-state index < -0.39 is 22.9 Å². The van der Waals surface area contributed by atoms with Crippen LogP contribution in [0.1, 0.15) is 22.8 Å². The molecule has 2 aromatic rings. The fourth-order valence-corrected chi connectivity index (χ4v) is 2.07. The number of ether oxygens (including phenoxy) is 1. The first kappa shape index (κ1) is 17.9. The third kappa shape index (κ3) is 4.11. The van der Waals surface area contributed by atoms with Gasteiger partial charge in [-0.05, 0) is 31.5 Å². The number of amides is 1. The monoisotopic (exact) mass is 344 g/mol. The highest BCUT2D eigenvalue weighted by molar-refractivity contribution is 5.99. The number of esters is 1. The minimum absolute atomic E-state index is 0.00111. The second-order valence-electron chi connectivity index (χ2n) is 5.28. The average Bonchev–Trinajstić information content (AvgIpc) is 2.57. The van der Waals surface area contributed by atoms with E-state index in [1.807, 2.05) is 0 Å². The second-order valence-corrected chi connectivity index (χ2v) is 5.28. The van der Waals surface area contributed by atoms with E-state index in [-0.39, 0.29) is 22.7 Å². The third-order valence-electron chi connectivity index (χ3n) is 3.47. The fourth-order valence-electron chi connectivity index (χ4n) is 2.07. The van der Waals surface area contributed by atoms with E-state index in [1.165, 1.54) is 37.3 Å². The maximum absolute atomic E-state index is 12.1. The quantitative estimate of drug-likeness (QED) is 0.489. The Morgan fingerprint density at radius 2 is 1.88 bits per heavy atom. The zero-order valence-corrected chi connectivity index (χ0v) is 13.6. The number of anilines is 1. The van der Waals surface area contributed by atoms with Gasteiger partial charge in [-0.3, -0.25) is 14.9 Å². The summed E-state index contributed by atoms with van der Waals surface area (Å²) in [5, 5.41) is 23.2.